The molecule has 1 aliphatic rings. The second kappa shape index (κ2) is 8.26. The number of carbonyl (C=O) groups is 2. The molecule has 1 aliphatic heterocycles. The van der Waals surface area contributed by atoms with E-state index in [2.05, 4.69) is 10.6 Å². The van der Waals surface area contributed by atoms with Crippen LogP contribution in [0, 0.1) is 6.92 Å². The van der Waals surface area contributed by atoms with Crippen LogP contribution in [0.5, 0.6) is 0 Å². The van der Waals surface area contributed by atoms with Gasteiger partial charge in [0.25, 0.3) is 0 Å². The molecule has 0 spiro atoms. The molecule has 116 valence electrons. The Balaban J connectivity index is 0.00000220. The smallest absolute Gasteiger partial charge is 0.248 e. The van der Waals surface area contributed by atoms with Gasteiger partial charge >= 0.3 is 0 Å². The zero-order valence-corrected chi connectivity index (χ0v) is 13.5. The van der Waals surface area contributed by atoms with Gasteiger partial charge in [0.15, 0.2) is 0 Å². The maximum Gasteiger partial charge on any atom is 0.248 e. The number of hydrogen-bond acceptors (Lipinski definition) is 4. The van der Waals surface area contributed by atoms with Gasteiger partial charge in [0.05, 0.1) is 0 Å². The van der Waals surface area contributed by atoms with E-state index in [9.17, 15) is 9.59 Å². The van der Waals surface area contributed by atoms with E-state index in [0.717, 1.165) is 23.6 Å². The molecular weight excluding hydrogens is 310 g/mol. The van der Waals surface area contributed by atoms with Crippen LogP contribution in [0.2, 0.25) is 0 Å². The number of aryl methyl sites for hydroxylation is 1. The lowest BCUT2D eigenvalue weighted by Gasteiger charge is -2.22. The monoisotopic (exact) mass is 329 g/mol. The predicted molar refractivity (Wildman–Crippen MR) is 89.3 cm³/mol. The Morgan fingerprint density at radius 1 is 1.48 bits per heavy atom. The number of anilines is 1. The summed E-state index contributed by atoms with van der Waals surface area (Å²) >= 11 is 1.86. The summed E-state index contributed by atoms with van der Waals surface area (Å²) in [6, 6.07) is 5.28. The van der Waals surface area contributed by atoms with Crippen molar-refractivity contribution in [1.82, 2.24) is 5.32 Å². The zero-order valence-electron chi connectivity index (χ0n) is 11.8. The van der Waals surface area contributed by atoms with E-state index in [1.807, 2.05) is 18.7 Å². The van der Waals surface area contributed by atoms with E-state index in [1.165, 1.54) is 0 Å². The van der Waals surface area contributed by atoms with Gasteiger partial charge in [0.1, 0.15) is 0 Å². The standard InChI is InChI=1S/C14H19N3O2S.ClH/c1-9-2-3-10(14(15)19)6-12(9)17-13(18)7-11-8-20-5-4-16-11;/h2-3,6,11,16H,4-5,7-8H2,1H3,(H2,15,19)(H,17,18);1H. The number of thioether (sulfide) groups is 1. The molecule has 1 unspecified atom stereocenters. The molecular formula is C14H20ClN3O2S. The van der Waals surface area contributed by atoms with Crippen molar-refractivity contribution in [2.75, 3.05) is 23.4 Å². The maximum atomic E-state index is 12.0. The van der Waals surface area contributed by atoms with Gasteiger partial charge in [-0.25, -0.2) is 0 Å². The fourth-order valence-corrected chi connectivity index (χ4v) is 3.03. The van der Waals surface area contributed by atoms with Gasteiger partial charge < -0.3 is 16.4 Å². The largest absolute Gasteiger partial charge is 0.366 e. The highest BCUT2D eigenvalue weighted by atomic mass is 35.5. The third-order valence-corrected chi connectivity index (χ3v) is 4.36. The first-order chi connectivity index (χ1) is 9.56. The van der Waals surface area contributed by atoms with Gasteiger partial charge in [-0.05, 0) is 24.6 Å². The molecule has 1 atom stereocenters. The van der Waals surface area contributed by atoms with Crippen LogP contribution in [-0.4, -0.2) is 35.9 Å². The topological polar surface area (TPSA) is 84.2 Å². The van der Waals surface area contributed by atoms with Gasteiger partial charge in [-0.15, -0.1) is 12.4 Å². The van der Waals surface area contributed by atoms with Gasteiger partial charge in [-0.2, -0.15) is 11.8 Å². The molecule has 1 fully saturated rings. The molecule has 0 radical (unpaired) electrons. The Bertz CT molecular complexity index is 519. The first-order valence-electron chi connectivity index (χ1n) is 6.57. The van der Waals surface area contributed by atoms with Crippen LogP contribution in [0.15, 0.2) is 18.2 Å². The Morgan fingerprint density at radius 2 is 2.24 bits per heavy atom. The SMILES string of the molecule is Cc1ccc(C(N)=O)cc1NC(=O)CC1CSCCN1.Cl. The van der Waals surface area contributed by atoms with Gasteiger partial charge in [-0.1, -0.05) is 6.07 Å². The lowest BCUT2D eigenvalue weighted by molar-refractivity contribution is -0.116. The molecule has 1 saturated heterocycles. The minimum atomic E-state index is -0.495. The van der Waals surface area contributed by atoms with Crippen molar-refractivity contribution in [3.05, 3.63) is 29.3 Å². The van der Waals surface area contributed by atoms with E-state index >= 15 is 0 Å². The first-order valence-corrected chi connectivity index (χ1v) is 7.73. The summed E-state index contributed by atoms with van der Waals surface area (Å²) in [4.78, 5) is 23.2. The number of hydrogen-bond donors (Lipinski definition) is 3. The number of halogens is 1. The van der Waals surface area contributed by atoms with E-state index in [0.29, 0.717) is 17.7 Å². The second-order valence-electron chi connectivity index (χ2n) is 4.87. The van der Waals surface area contributed by atoms with Crippen LogP contribution >= 0.6 is 24.2 Å². The third-order valence-electron chi connectivity index (χ3n) is 3.23. The normalized spacial score (nSPS) is 17.7. The molecule has 21 heavy (non-hydrogen) atoms. The van der Waals surface area contributed by atoms with Crippen LogP contribution in [-0.2, 0) is 4.79 Å². The van der Waals surface area contributed by atoms with Crippen molar-refractivity contribution in [3.8, 4) is 0 Å². The molecule has 5 nitrogen and oxygen atoms in total. The molecule has 2 rings (SSSR count). The average molecular weight is 330 g/mol. The van der Waals surface area contributed by atoms with Crippen LogP contribution in [0.1, 0.15) is 22.3 Å². The van der Waals surface area contributed by atoms with E-state index < -0.39 is 5.91 Å². The van der Waals surface area contributed by atoms with E-state index in [4.69, 9.17) is 5.73 Å². The van der Waals surface area contributed by atoms with Crippen LogP contribution in [0.3, 0.4) is 0 Å². The molecule has 7 heteroatoms. The van der Waals surface area contributed by atoms with Crippen molar-refractivity contribution in [1.29, 1.82) is 0 Å². The summed E-state index contributed by atoms with van der Waals surface area (Å²) in [5.74, 6) is 1.51. The molecule has 2 amide bonds. The minimum absolute atomic E-state index is 0. The lowest BCUT2D eigenvalue weighted by Crippen LogP contribution is -2.39. The van der Waals surface area contributed by atoms with E-state index in [-0.39, 0.29) is 24.4 Å². The lowest BCUT2D eigenvalue weighted by atomic mass is 10.1. The van der Waals surface area contributed by atoms with Crippen molar-refractivity contribution >= 4 is 41.7 Å². The summed E-state index contributed by atoms with van der Waals surface area (Å²) in [5.41, 5.74) is 7.21. The minimum Gasteiger partial charge on any atom is -0.366 e. The van der Waals surface area contributed by atoms with Gasteiger partial charge in [0.2, 0.25) is 11.8 Å². The second-order valence-corrected chi connectivity index (χ2v) is 6.02. The molecule has 1 heterocycles. The van der Waals surface area contributed by atoms with E-state index in [1.54, 1.807) is 18.2 Å². The highest BCUT2D eigenvalue weighted by Crippen LogP contribution is 2.18. The van der Waals surface area contributed by atoms with Crippen molar-refractivity contribution in [3.63, 3.8) is 0 Å². The Hall–Kier alpha value is -1.24. The van der Waals surface area contributed by atoms with Crippen molar-refractivity contribution < 1.29 is 9.59 Å². The number of carbonyl (C=O) groups excluding carboxylic acids is 2. The van der Waals surface area contributed by atoms with Gasteiger partial charge in [0, 0.05) is 41.8 Å². The molecule has 0 aromatic heterocycles. The Kier molecular flexibility index (Phi) is 7.01. The zero-order chi connectivity index (χ0) is 14.5. The van der Waals surface area contributed by atoms with Crippen molar-refractivity contribution in [2.45, 2.75) is 19.4 Å². The van der Waals surface area contributed by atoms with Crippen LogP contribution < -0.4 is 16.4 Å². The van der Waals surface area contributed by atoms with Gasteiger partial charge in [-0.3, -0.25) is 9.59 Å². The third kappa shape index (κ3) is 5.22. The Morgan fingerprint density at radius 3 is 2.86 bits per heavy atom. The Labute approximate surface area is 134 Å². The highest BCUT2D eigenvalue weighted by Gasteiger charge is 2.17. The fourth-order valence-electron chi connectivity index (χ4n) is 2.09. The fraction of sp³-hybridized carbons (Fsp3) is 0.429. The molecule has 0 saturated carbocycles. The first kappa shape index (κ1) is 17.8. The number of primary amides is 1. The summed E-state index contributed by atoms with van der Waals surface area (Å²) in [6.45, 7) is 2.83. The number of nitrogens with two attached hydrogens (primary N) is 1. The number of amides is 2. The molecule has 0 aliphatic carbocycles. The molecule has 1 aromatic rings. The average Bonchev–Trinajstić information content (AvgIpc) is 2.42. The number of nitrogens with one attached hydrogen (secondary N) is 2. The predicted octanol–water partition coefficient (Wildman–Crippen LogP) is 1.55. The van der Waals surface area contributed by atoms with Crippen LogP contribution in [0.25, 0.3) is 0 Å². The quantitative estimate of drug-likeness (QED) is 0.782. The van der Waals surface area contributed by atoms with Crippen LogP contribution in [0.4, 0.5) is 5.69 Å². The highest BCUT2D eigenvalue weighted by molar-refractivity contribution is 7.99. The molecule has 1 aromatic carbocycles. The molecule has 0 bridgehead atoms. The number of rotatable bonds is 4. The maximum absolute atomic E-state index is 12.0. The summed E-state index contributed by atoms with van der Waals surface area (Å²) in [7, 11) is 0. The summed E-state index contributed by atoms with van der Waals surface area (Å²) < 4.78 is 0. The number of benzene rings is 1. The van der Waals surface area contributed by atoms with Crippen molar-refractivity contribution in [2.24, 2.45) is 5.73 Å². The summed E-state index contributed by atoms with van der Waals surface area (Å²) in [5, 5.41) is 6.18. The summed E-state index contributed by atoms with van der Waals surface area (Å²) in [6.07, 6.45) is 0.438. The molecule has 4 N–H and O–H groups in total.